The molecule has 4 heteroatoms. The smallest absolute Gasteiger partial charge is 0.143 e. The van der Waals surface area contributed by atoms with Crippen molar-refractivity contribution in [2.24, 2.45) is 0 Å². The number of aryl methyl sites for hydroxylation is 4. The standard InChI is InChI=1S/C25H27N3O/c1-6-29-21-12-10-20(11-13-21)24-25(27-23-17(3)8-7-9-18(23)4)28-19(5)14-16(2)15-22(28)26-24/h7-15,27H,6H2,1-5H3. The average molecular weight is 386 g/mol. The molecule has 0 aliphatic carbocycles. The number of benzene rings is 2. The molecule has 0 spiro atoms. The van der Waals surface area contributed by atoms with Crippen molar-refractivity contribution in [1.29, 1.82) is 0 Å². The molecule has 2 heterocycles. The van der Waals surface area contributed by atoms with Crippen molar-refractivity contribution in [2.75, 3.05) is 11.9 Å². The van der Waals surface area contributed by atoms with E-state index in [1.54, 1.807) is 0 Å². The summed E-state index contributed by atoms with van der Waals surface area (Å²) in [4.78, 5) is 5.00. The Morgan fingerprint density at radius 2 is 1.62 bits per heavy atom. The topological polar surface area (TPSA) is 38.6 Å². The Hall–Kier alpha value is -3.27. The van der Waals surface area contributed by atoms with E-state index in [1.165, 1.54) is 16.7 Å². The molecule has 0 saturated carbocycles. The molecule has 0 unspecified atom stereocenters. The van der Waals surface area contributed by atoms with Gasteiger partial charge in [0.15, 0.2) is 0 Å². The number of para-hydroxylation sites is 1. The molecule has 0 aliphatic rings. The number of hydrogen-bond acceptors (Lipinski definition) is 3. The molecule has 4 nitrogen and oxygen atoms in total. The van der Waals surface area contributed by atoms with E-state index >= 15 is 0 Å². The first-order chi connectivity index (χ1) is 14.0. The number of nitrogens with zero attached hydrogens (tertiary/aromatic N) is 2. The number of rotatable bonds is 5. The maximum Gasteiger partial charge on any atom is 0.143 e. The molecule has 0 fully saturated rings. The lowest BCUT2D eigenvalue weighted by Crippen LogP contribution is -2.02. The molecule has 0 bridgehead atoms. The monoisotopic (exact) mass is 385 g/mol. The van der Waals surface area contributed by atoms with Crippen molar-refractivity contribution in [3.05, 3.63) is 77.0 Å². The van der Waals surface area contributed by atoms with Gasteiger partial charge in [0.05, 0.1) is 6.61 Å². The van der Waals surface area contributed by atoms with Gasteiger partial charge in [0.1, 0.15) is 22.9 Å². The van der Waals surface area contributed by atoms with E-state index in [4.69, 9.17) is 9.72 Å². The molecule has 0 amide bonds. The molecule has 4 aromatic rings. The van der Waals surface area contributed by atoms with E-state index in [9.17, 15) is 0 Å². The van der Waals surface area contributed by atoms with Crippen LogP contribution in [-0.2, 0) is 0 Å². The van der Waals surface area contributed by atoms with Crippen LogP contribution in [0.2, 0.25) is 0 Å². The number of ether oxygens (including phenoxy) is 1. The third-order valence-corrected chi connectivity index (χ3v) is 5.21. The first kappa shape index (κ1) is 19.1. The molecule has 0 atom stereocenters. The summed E-state index contributed by atoms with van der Waals surface area (Å²) < 4.78 is 7.81. The van der Waals surface area contributed by atoms with Crippen LogP contribution in [0, 0.1) is 27.7 Å². The third-order valence-electron chi connectivity index (χ3n) is 5.21. The second-order valence-corrected chi connectivity index (χ2v) is 7.53. The largest absolute Gasteiger partial charge is 0.494 e. The first-order valence-corrected chi connectivity index (χ1v) is 10.0. The van der Waals surface area contributed by atoms with Crippen LogP contribution in [0.1, 0.15) is 29.3 Å². The molecule has 0 saturated heterocycles. The molecule has 148 valence electrons. The molecule has 29 heavy (non-hydrogen) atoms. The lowest BCUT2D eigenvalue weighted by atomic mass is 10.1. The van der Waals surface area contributed by atoms with Crippen molar-refractivity contribution in [2.45, 2.75) is 34.6 Å². The fraction of sp³-hybridized carbons (Fsp3) is 0.240. The predicted octanol–water partition coefficient (Wildman–Crippen LogP) is 6.38. The minimum absolute atomic E-state index is 0.658. The predicted molar refractivity (Wildman–Crippen MR) is 120 cm³/mol. The normalized spacial score (nSPS) is 11.1. The lowest BCUT2D eigenvalue weighted by Gasteiger charge is -2.15. The van der Waals surface area contributed by atoms with Gasteiger partial charge in [0.25, 0.3) is 0 Å². The quantitative estimate of drug-likeness (QED) is 0.433. The van der Waals surface area contributed by atoms with Crippen molar-refractivity contribution < 1.29 is 4.74 Å². The Balaban J connectivity index is 1.92. The van der Waals surface area contributed by atoms with Gasteiger partial charge in [0, 0.05) is 16.9 Å². The number of pyridine rings is 1. The molecule has 4 rings (SSSR count). The van der Waals surface area contributed by atoms with Gasteiger partial charge in [0.2, 0.25) is 0 Å². The fourth-order valence-corrected chi connectivity index (χ4v) is 3.85. The Bertz CT molecular complexity index is 1150. The summed E-state index contributed by atoms with van der Waals surface area (Å²) >= 11 is 0. The highest BCUT2D eigenvalue weighted by Crippen LogP contribution is 2.35. The molecule has 1 N–H and O–H groups in total. The van der Waals surface area contributed by atoms with Crippen LogP contribution in [0.15, 0.2) is 54.6 Å². The zero-order chi connectivity index (χ0) is 20.5. The summed E-state index contributed by atoms with van der Waals surface area (Å²) in [7, 11) is 0. The van der Waals surface area contributed by atoms with Gasteiger partial charge in [-0.3, -0.25) is 4.40 Å². The number of nitrogens with one attached hydrogen (secondary N) is 1. The van der Waals surface area contributed by atoms with Crippen molar-refractivity contribution >= 4 is 17.2 Å². The van der Waals surface area contributed by atoms with Crippen LogP contribution >= 0.6 is 0 Å². The van der Waals surface area contributed by atoms with Gasteiger partial charge in [-0.1, -0.05) is 18.2 Å². The van der Waals surface area contributed by atoms with Gasteiger partial charge in [-0.2, -0.15) is 0 Å². The number of hydrogen-bond donors (Lipinski definition) is 1. The Kier molecular flexibility index (Phi) is 5.01. The van der Waals surface area contributed by atoms with Crippen molar-refractivity contribution in [3.63, 3.8) is 0 Å². The molecule has 2 aromatic heterocycles. The SMILES string of the molecule is CCOc1ccc(-c2nc3cc(C)cc(C)n3c2Nc2c(C)cccc2C)cc1. The molecular weight excluding hydrogens is 358 g/mol. The maximum absolute atomic E-state index is 5.61. The second-order valence-electron chi connectivity index (χ2n) is 7.53. The highest BCUT2D eigenvalue weighted by molar-refractivity contribution is 5.81. The van der Waals surface area contributed by atoms with Crippen LogP contribution in [0.3, 0.4) is 0 Å². The summed E-state index contributed by atoms with van der Waals surface area (Å²) in [5, 5.41) is 3.70. The Labute approximate surface area is 172 Å². The fourth-order valence-electron chi connectivity index (χ4n) is 3.85. The van der Waals surface area contributed by atoms with E-state index in [0.717, 1.165) is 39.9 Å². The van der Waals surface area contributed by atoms with Gasteiger partial charge >= 0.3 is 0 Å². The van der Waals surface area contributed by atoms with Gasteiger partial charge < -0.3 is 10.1 Å². The van der Waals surface area contributed by atoms with Crippen LogP contribution in [0.5, 0.6) is 5.75 Å². The molecule has 2 aromatic carbocycles. The van der Waals surface area contributed by atoms with Crippen LogP contribution < -0.4 is 10.1 Å². The number of fused-ring (bicyclic) bond motifs is 1. The van der Waals surface area contributed by atoms with E-state index in [-0.39, 0.29) is 0 Å². The van der Waals surface area contributed by atoms with Crippen LogP contribution in [-0.4, -0.2) is 16.0 Å². The average Bonchev–Trinajstić information content (AvgIpc) is 3.04. The van der Waals surface area contributed by atoms with Crippen molar-refractivity contribution in [3.8, 4) is 17.0 Å². The van der Waals surface area contributed by atoms with E-state index < -0.39 is 0 Å². The summed E-state index contributed by atoms with van der Waals surface area (Å²) in [5.74, 6) is 1.86. The highest BCUT2D eigenvalue weighted by Gasteiger charge is 2.17. The molecular formula is C25H27N3O. The second kappa shape index (κ2) is 7.63. The maximum atomic E-state index is 5.61. The summed E-state index contributed by atoms with van der Waals surface area (Å²) in [6.45, 7) is 11.1. The lowest BCUT2D eigenvalue weighted by molar-refractivity contribution is 0.340. The zero-order valence-corrected chi connectivity index (χ0v) is 17.7. The molecule has 0 radical (unpaired) electrons. The summed E-state index contributed by atoms with van der Waals surface area (Å²) in [6.07, 6.45) is 0. The van der Waals surface area contributed by atoms with Crippen molar-refractivity contribution in [1.82, 2.24) is 9.38 Å². The Morgan fingerprint density at radius 3 is 2.28 bits per heavy atom. The number of imidazole rings is 1. The van der Waals surface area contributed by atoms with E-state index in [2.05, 4.69) is 79.9 Å². The minimum atomic E-state index is 0.658. The van der Waals surface area contributed by atoms with Crippen LogP contribution in [0.4, 0.5) is 11.5 Å². The summed E-state index contributed by atoms with van der Waals surface area (Å²) in [5.41, 5.74) is 8.84. The minimum Gasteiger partial charge on any atom is -0.494 e. The number of aromatic nitrogens is 2. The summed E-state index contributed by atoms with van der Waals surface area (Å²) in [6, 6.07) is 18.8. The van der Waals surface area contributed by atoms with E-state index in [1.807, 2.05) is 19.1 Å². The van der Waals surface area contributed by atoms with Gasteiger partial charge in [-0.05, 0) is 87.7 Å². The zero-order valence-electron chi connectivity index (χ0n) is 17.7. The van der Waals surface area contributed by atoms with Gasteiger partial charge in [-0.25, -0.2) is 4.98 Å². The van der Waals surface area contributed by atoms with Crippen LogP contribution in [0.25, 0.3) is 16.9 Å². The highest BCUT2D eigenvalue weighted by atomic mass is 16.5. The molecule has 0 aliphatic heterocycles. The first-order valence-electron chi connectivity index (χ1n) is 10.0. The van der Waals surface area contributed by atoms with E-state index in [0.29, 0.717) is 6.61 Å². The van der Waals surface area contributed by atoms with Gasteiger partial charge in [-0.15, -0.1) is 0 Å². The third kappa shape index (κ3) is 3.58. The Morgan fingerprint density at radius 1 is 0.931 bits per heavy atom. The number of anilines is 2.